The van der Waals surface area contributed by atoms with Crippen molar-refractivity contribution in [2.24, 2.45) is 0 Å². The highest BCUT2D eigenvalue weighted by atomic mass is 16.3. The Morgan fingerprint density at radius 1 is 0.893 bits per heavy atom. The van der Waals surface area contributed by atoms with Crippen molar-refractivity contribution in [3.63, 3.8) is 0 Å². The van der Waals surface area contributed by atoms with E-state index in [9.17, 15) is 5.11 Å². The zero-order chi connectivity index (χ0) is 20.2. The molecule has 0 spiro atoms. The fraction of sp³-hybridized carbons (Fsp3) is 0.769. The Balaban J connectivity index is 1.95. The van der Waals surface area contributed by atoms with E-state index < -0.39 is 5.60 Å². The van der Waals surface area contributed by atoms with Crippen LogP contribution in [0.1, 0.15) is 116 Å². The molecule has 0 aliphatic carbocycles. The van der Waals surface area contributed by atoms with Gasteiger partial charge in [0.15, 0.2) is 0 Å². The quantitative estimate of drug-likeness (QED) is 0.320. The van der Waals surface area contributed by atoms with Crippen LogP contribution in [0.15, 0.2) is 30.3 Å². The van der Waals surface area contributed by atoms with Crippen molar-refractivity contribution >= 4 is 0 Å². The van der Waals surface area contributed by atoms with Crippen LogP contribution in [0.2, 0.25) is 0 Å². The van der Waals surface area contributed by atoms with Crippen LogP contribution in [-0.2, 0) is 0 Å². The minimum Gasteiger partial charge on any atom is -0.388 e. The third-order valence-corrected chi connectivity index (χ3v) is 6.89. The van der Waals surface area contributed by atoms with Gasteiger partial charge in [-0.2, -0.15) is 0 Å². The van der Waals surface area contributed by atoms with E-state index >= 15 is 0 Å². The standard InChI is InChI=1S/C26H45NO/c1-4-6-8-10-15-20-26(28,21-16-11-9-7-5-2)25-19-22-27(25)23(3)24-17-13-12-14-18-24/h12-14,17-18,23,25,28H,4-11,15-16,19-22H2,1-3H3/t23-,25-/m0/s1. The van der Waals surface area contributed by atoms with Gasteiger partial charge in [0.2, 0.25) is 0 Å². The van der Waals surface area contributed by atoms with Crippen LogP contribution >= 0.6 is 0 Å². The topological polar surface area (TPSA) is 23.5 Å². The van der Waals surface area contributed by atoms with E-state index in [1.807, 2.05) is 0 Å². The molecule has 0 unspecified atom stereocenters. The molecular weight excluding hydrogens is 342 g/mol. The zero-order valence-corrected chi connectivity index (χ0v) is 18.8. The van der Waals surface area contributed by atoms with Crippen molar-refractivity contribution in [2.75, 3.05) is 6.54 Å². The summed E-state index contributed by atoms with van der Waals surface area (Å²) in [5, 5.41) is 11.8. The monoisotopic (exact) mass is 387 g/mol. The first-order chi connectivity index (χ1) is 13.6. The van der Waals surface area contributed by atoms with Gasteiger partial charge in [0, 0.05) is 18.6 Å². The summed E-state index contributed by atoms with van der Waals surface area (Å²) < 4.78 is 0. The number of aliphatic hydroxyl groups is 1. The van der Waals surface area contributed by atoms with Gasteiger partial charge in [0.25, 0.3) is 0 Å². The first-order valence-corrected chi connectivity index (χ1v) is 12.2. The van der Waals surface area contributed by atoms with Crippen molar-refractivity contribution in [1.29, 1.82) is 0 Å². The molecule has 1 aliphatic heterocycles. The summed E-state index contributed by atoms with van der Waals surface area (Å²) in [4.78, 5) is 2.56. The minimum absolute atomic E-state index is 0.333. The number of benzene rings is 1. The number of rotatable bonds is 15. The molecular formula is C26H45NO. The number of nitrogens with zero attached hydrogens (tertiary/aromatic N) is 1. The Labute approximate surface area is 174 Å². The van der Waals surface area contributed by atoms with Crippen LogP contribution in [0.5, 0.6) is 0 Å². The molecule has 160 valence electrons. The highest BCUT2D eigenvalue weighted by Gasteiger charge is 2.46. The minimum atomic E-state index is -0.500. The summed E-state index contributed by atoms with van der Waals surface area (Å²) in [5.41, 5.74) is 0.875. The van der Waals surface area contributed by atoms with Gasteiger partial charge < -0.3 is 5.11 Å². The molecule has 1 aromatic carbocycles. The number of unbranched alkanes of at least 4 members (excludes halogenated alkanes) is 8. The molecule has 1 fully saturated rings. The zero-order valence-electron chi connectivity index (χ0n) is 18.8. The van der Waals surface area contributed by atoms with E-state index in [0.717, 1.165) is 25.8 Å². The van der Waals surface area contributed by atoms with Crippen LogP contribution in [0.4, 0.5) is 0 Å². The molecule has 28 heavy (non-hydrogen) atoms. The lowest BCUT2D eigenvalue weighted by Gasteiger charge is -2.53. The van der Waals surface area contributed by atoms with Gasteiger partial charge in [-0.3, -0.25) is 4.90 Å². The SMILES string of the molecule is CCCCCCCC(O)(CCCCCCC)[C@@H]1CCN1[C@@H](C)c1ccccc1. The molecule has 1 aromatic rings. The highest BCUT2D eigenvalue weighted by molar-refractivity contribution is 5.20. The Bertz CT molecular complexity index is 500. The van der Waals surface area contributed by atoms with Crippen LogP contribution in [0.3, 0.4) is 0 Å². The van der Waals surface area contributed by atoms with E-state index in [1.54, 1.807) is 0 Å². The second-order valence-electron chi connectivity index (χ2n) is 9.06. The van der Waals surface area contributed by atoms with Gasteiger partial charge in [0.05, 0.1) is 5.60 Å². The molecule has 2 rings (SSSR count). The molecule has 1 heterocycles. The van der Waals surface area contributed by atoms with E-state index in [4.69, 9.17) is 0 Å². The lowest BCUT2D eigenvalue weighted by Crippen LogP contribution is -2.61. The number of hydrogen-bond donors (Lipinski definition) is 1. The lowest BCUT2D eigenvalue weighted by atomic mass is 9.76. The van der Waals surface area contributed by atoms with E-state index in [-0.39, 0.29) is 0 Å². The van der Waals surface area contributed by atoms with Crippen molar-refractivity contribution in [3.05, 3.63) is 35.9 Å². The van der Waals surface area contributed by atoms with Crippen molar-refractivity contribution in [1.82, 2.24) is 4.90 Å². The molecule has 1 N–H and O–H groups in total. The van der Waals surface area contributed by atoms with Crippen molar-refractivity contribution in [2.45, 2.75) is 122 Å². The second kappa shape index (κ2) is 12.6. The molecule has 0 saturated carbocycles. The van der Waals surface area contributed by atoms with Gasteiger partial charge in [0.1, 0.15) is 0 Å². The second-order valence-corrected chi connectivity index (χ2v) is 9.06. The first kappa shape index (κ1) is 23.4. The summed E-state index contributed by atoms with van der Waals surface area (Å²) in [6, 6.07) is 11.5. The Hall–Kier alpha value is -0.860. The highest BCUT2D eigenvalue weighted by Crippen LogP contribution is 2.40. The van der Waals surface area contributed by atoms with E-state index in [1.165, 1.54) is 69.8 Å². The molecule has 0 bridgehead atoms. The predicted octanol–water partition coefficient (Wildman–Crippen LogP) is 7.27. The summed E-state index contributed by atoms with van der Waals surface area (Å²) in [6.45, 7) is 7.97. The third-order valence-electron chi connectivity index (χ3n) is 6.89. The average Bonchev–Trinajstić information content (AvgIpc) is 2.67. The van der Waals surface area contributed by atoms with Gasteiger partial charge in [-0.05, 0) is 31.7 Å². The third kappa shape index (κ3) is 6.88. The molecule has 2 nitrogen and oxygen atoms in total. The smallest absolute Gasteiger partial charge is 0.0802 e. The maximum absolute atomic E-state index is 11.8. The largest absolute Gasteiger partial charge is 0.388 e. The maximum atomic E-state index is 11.8. The van der Waals surface area contributed by atoms with Crippen LogP contribution in [0.25, 0.3) is 0 Å². The number of hydrogen-bond acceptors (Lipinski definition) is 2. The number of likely N-dealkylation sites (tertiary alicyclic amines) is 1. The summed E-state index contributed by atoms with van der Waals surface area (Å²) >= 11 is 0. The first-order valence-electron chi connectivity index (χ1n) is 12.2. The van der Waals surface area contributed by atoms with E-state index in [0.29, 0.717) is 12.1 Å². The lowest BCUT2D eigenvalue weighted by molar-refractivity contribution is -0.118. The normalized spacial score (nSPS) is 18.8. The van der Waals surface area contributed by atoms with Gasteiger partial charge >= 0.3 is 0 Å². The molecule has 0 amide bonds. The molecule has 2 atom stereocenters. The molecule has 1 aliphatic rings. The van der Waals surface area contributed by atoms with Crippen molar-refractivity contribution < 1.29 is 5.11 Å². The van der Waals surface area contributed by atoms with Crippen LogP contribution in [0, 0.1) is 0 Å². The summed E-state index contributed by atoms with van der Waals surface area (Å²) in [5.74, 6) is 0. The van der Waals surface area contributed by atoms with E-state index in [2.05, 4.69) is 56.0 Å². The summed E-state index contributed by atoms with van der Waals surface area (Å²) in [6.07, 6.45) is 15.9. The van der Waals surface area contributed by atoms with Gasteiger partial charge in [-0.25, -0.2) is 0 Å². The summed E-state index contributed by atoms with van der Waals surface area (Å²) in [7, 11) is 0. The molecule has 0 radical (unpaired) electrons. The van der Waals surface area contributed by atoms with Crippen molar-refractivity contribution in [3.8, 4) is 0 Å². The molecule has 2 heteroatoms. The Morgan fingerprint density at radius 2 is 1.43 bits per heavy atom. The van der Waals surface area contributed by atoms with Gasteiger partial charge in [-0.15, -0.1) is 0 Å². The van der Waals surface area contributed by atoms with Crippen LogP contribution < -0.4 is 0 Å². The maximum Gasteiger partial charge on any atom is 0.0802 e. The average molecular weight is 388 g/mol. The fourth-order valence-corrected chi connectivity index (χ4v) is 4.90. The Morgan fingerprint density at radius 3 is 1.89 bits per heavy atom. The van der Waals surface area contributed by atoms with Crippen LogP contribution in [-0.4, -0.2) is 28.2 Å². The fourth-order valence-electron chi connectivity index (χ4n) is 4.90. The molecule has 1 saturated heterocycles. The predicted molar refractivity (Wildman–Crippen MR) is 122 cm³/mol. The molecule has 0 aromatic heterocycles. The Kier molecular flexibility index (Phi) is 10.6. The van der Waals surface area contributed by atoms with Gasteiger partial charge in [-0.1, -0.05) is 108 Å².